The van der Waals surface area contributed by atoms with Crippen molar-refractivity contribution in [2.75, 3.05) is 5.73 Å². The van der Waals surface area contributed by atoms with Gasteiger partial charge in [0.2, 0.25) is 5.78 Å². The normalized spacial score (nSPS) is 11.5. The molecular formula is C24H13N3O3. The Balaban J connectivity index is 1.64. The highest BCUT2D eigenvalue weighted by Crippen LogP contribution is 2.27. The largest absolute Gasteiger partial charge is 0.399 e. The second-order valence-corrected chi connectivity index (χ2v) is 6.90. The zero-order chi connectivity index (χ0) is 20.8. The Labute approximate surface area is 170 Å². The summed E-state index contributed by atoms with van der Waals surface area (Å²) in [6.07, 6.45) is 0.773. The number of benzene rings is 3. The van der Waals surface area contributed by atoms with Crippen LogP contribution in [0.1, 0.15) is 37.7 Å². The monoisotopic (exact) mass is 391 g/mol. The van der Waals surface area contributed by atoms with Crippen LogP contribution in [0.3, 0.4) is 0 Å². The molecule has 0 fully saturated rings. The molecule has 6 nitrogen and oxygen atoms in total. The van der Waals surface area contributed by atoms with Crippen LogP contribution < -0.4 is 11.3 Å². The highest BCUT2D eigenvalue weighted by Gasteiger charge is 2.30. The molecule has 3 aromatic carbocycles. The van der Waals surface area contributed by atoms with Crippen LogP contribution in [0.15, 0.2) is 65.5 Å². The van der Waals surface area contributed by atoms with Crippen molar-refractivity contribution in [3.05, 3.63) is 99.1 Å². The second-order valence-electron chi connectivity index (χ2n) is 6.90. The summed E-state index contributed by atoms with van der Waals surface area (Å²) in [5, 5.41) is 0.353. The Morgan fingerprint density at radius 3 is 2.40 bits per heavy atom. The van der Waals surface area contributed by atoms with Crippen molar-refractivity contribution in [3.8, 4) is 17.5 Å². The minimum atomic E-state index is -0.344. The maximum absolute atomic E-state index is 13.1. The Morgan fingerprint density at radius 2 is 1.63 bits per heavy atom. The first-order valence-electron chi connectivity index (χ1n) is 9.14. The van der Waals surface area contributed by atoms with E-state index in [0.717, 1.165) is 11.8 Å². The number of hydrogen-bond acceptors (Lipinski definition) is 5. The zero-order valence-electron chi connectivity index (χ0n) is 15.5. The predicted octanol–water partition coefficient (Wildman–Crippen LogP) is 2.72. The number of aldehydes is 1. The summed E-state index contributed by atoms with van der Waals surface area (Å²) in [5.41, 5.74) is 9.19. The van der Waals surface area contributed by atoms with Gasteiger partial charge in [0.15, 0.2) is 5.82 Å². The molecule has 6 heteroatoms. The highest BCUT2D eigenvalue weighted by molar-refractivity contribution is 6.13. The van der Waals surface area contributed by atoms with Gasteiger partial charge in [0.1, 0.15) is 6.29 Å². The Hall–Kier alpha value is -4.50. The number of rotatable bonds is 1. The van der Waals surface area contributed by atoms with E-state index in [2.05, 4.69) is 16.8 Å². The van der Waals surface area contributed by atoms with E-state index in [4.69, 9.17) is 5.73 Å². The lowest BCUT2D eigenvalue weighted by atomic mass is 10.1. The number of ketones is 1. The third kappa shape index (κ3) is 2.69. The lowest BCUT2D eigenvalue weighted by Crippen LogP contribution is -2.21. The molecule has 1 aromatic heterocycles. The first-order chi connectivity index (χ1) is 14.5. The summed E-state index contributed by atoms with van der Waals surface area (Å²) >= 11 is 0. The van der Waals surface area contributed by atoms with Crippen molar-refractivity contribution in [3.63, 3.8) is 0 Å². The summed E-state index contributed by atoms with van der Waals surface area (Å²) in [6, 6.07) is 16.8. The maximum atomic E-state index is 13.1. The van der Waals surface area contributed by atoms with Gasteiger partial charge in [-0.25, -0.2) is 4.98 Å². The molecule has 30 heavy (non-hydrogen) atoms. The second kappa shape index (κ2) is 6.54. The molecule has 5 rings (SSSR count). The van der Waals surface area contributed by atoms with Crippen LogP contribution >= 0.6 is 0 Å². The fourth-order valence-electron chi connectivity index (χ4n) is 3.48. The number of carbonyl (C=O) groups excluding carboxylic acids is 2. The average molecular weight is 391 g/mol. The fourth-order valence-corrected chi connectivity index (χ4v) is 3.48. The van der Waals surface area contributed by atoms with Crippen molar-refractivity contribution < 1.29 is 9.59 Å². The summed E-state index contributed by atoms with van der Waals surface area (Å²) in [6.45, 7) is 0. The molecule has 1 aliphatic rings. The van der Waals surface area contributed by atoms with Gasteiger partial charge >= 0.3 is 0 Å². The van der Waals surface area contributed by atoms with Gasteiger partial charge in [-0.3, -0.25) is 19.0 Å². The number of fused-ring (bicyclic) bond motifs is 4. The van der Waals surface area contributed by atoms with Gasteiger partial charge in [-0.15, -0.1) is 0 Å². The molecular weight excluding hydrogens is 378 g/mol. The molecule has 2 N–H and O–H groups in total. The molecule has 0 unspecified atom stereocenters. The molecule has 0 atom stereocenters. The lowest BCUT2D eigenvalue weighted by molar-refractivity contribution is 0.103. The van der Waals surface area contributed by atoms with Gasteiger partial charge in [0, 0.05) is 22.4 Å². The van der Waals surface area contributed by atoms with Gasteiger partial charge in [0.05, 0.1) is 22.2 Å². The third-order valence-corrected chi connectivity index (χ3v) is 4.98. The predicted molar refractivity (Wildman–Crippen MR) is 113 cm³/mol. The number of nitrogens with two attached hydrogens (primary N) is 1. The zero-order valence-corrected chi connectivity index (χ0v) is 15.5. The van der Waals surface area contributed by atoms with Crippen LogP contribution in [-0.4, -0.2) is 21.6 Å². The minimum absolute atomic E-state index is 0.0850. The van der Waals surface area contributed by atoms with Crippen LogP contribution in [0.4, 0.5) is 5.69 Å². The molecule has 1 aliphatic heterocycles. The van der Waals surface area contributed by atoms with Crippen molar-refractivity contribution in [2.45, 2.75) is 0 Å². The van der Waals surface area contributed by atoms with Crippen LogP contribution in [0.5, 0.6) is 0 Å². The van der Waals surface area contributed by atoms with E-state index in [9.17, 15) is 14.4 Å². The Morgan fingerprint density at radius 1 is 0.900 bits per heavy atom. The molecule has 0 saturated heterocycles. The summed E-state index contributed by atoms with van der Waals surface area (Å²) in [5.74, 6) is 5.84. The quantitative estimate of drug-likeness (QED) is 0.269. The Kier molecular flexibility index (Phi) is 3.83. The first kappa shape index (κ1) is 17.6. The molecule has 0 spiro atoms. The van der Waals surface area contributed by atoms with Gasteiger partial charge in [-0.2, -0.15) is 0 Å². The first-order valence-corrected chi connectivity index (χ1v) is 9.14. The SMILES string of the molecule is Nc1ccc2nc3n(c(=O)c2c1)-c1cc(C#Cc2ccc(C=O)cc2)ccc1C3=O. The lowest BCUT2D eigenvalue weighted by Gasteiger charge is -2.06. The van der Waals surface area contributed by atoms with Crippen LogP contribution in [0.25, 0.3) is 16.6 Å². The van der Waals surface area contributed by atoms with Gasteiger partial charge in [-0.05, 0) is 48.5 Å². The van der Waals surface area contributed by atoms with Crippen molar-refractivity contribution >= 4 is 28.7 Å². The van der Waals surface area contributed by atoms with Gasteiger partial charge in [0.25, 0.3) is 5.56 Å². The van der Waals surface area contributed by atoms with E-state index >= 15 is 0 Å². The fraction of sp³-hybridized carbons (Fsp3) is 0. The van der Waals surface area contributed by atoms with E-state index in [1.807, 2.05) is 0 Å². The van der Waals surface area contributed by atoms with Gasteiger partial charge in [-0.1, -0.05) is 24.0 Å². The minimum Gasteiger partial charge on any atom is -0.399 e. The van der Waals surface area contributed by atoms with E-state index in [-0.39, 0.29) is 17.2 Å². The number of hydrogen-bond donors (Lipinski definition) is 1. The standard InChI is InChI=1S/C24H13N3O3/c25-17-8-10-20-19(12-17)24(30)27-21-11-15(7-9-18(21)22(29)23(27)26-20)4-1-14-2-5-16(13-28)6-3-14/h2-3,5-13H,25H2. The summed E-state index contributed by atoms with van der Waals surface area (Å²) in [4.78, 5) is 41.0. The van der Waals surface area contributed by atoms with Crippen LogP contribution in [0.2, 0.25) is 0 Å². The number of carbonyl (C=O) groups is 2. The van der Waals surface area contributed by atoms with Crippen LogP contribution in [-0.2, 0) is 0 Å². The van der Waals surface area contributed by atoms with Crippen molar-refractivity contribution in [2.24, 2.45) is 0 Å². The molecule has 142 valence electrons. The van der Waals surface area contributed by atoms with E-state index in [1.165, 1.54) is 4.57 Å². The number of anilines is 1. The molecule has 0 aliphatic carbocycles. The van der Waals surface area contributed by atoms with Crippen molar-refractivity contribution in [1.82, 2.24) is 9.55 Å². The third-order valence-electron chi connectivity index (χ3n) is 4.98. The average Bonchev–Trinajstić information content (AvgIpc) is 3.05. The maximum Gasteiger partial charge on any atom is 0.266 e. The highest BCUT2D eigenvalue weighted by atomic mass is 16.1. The topological polar surface area (TPSA) is 95.0 Å². The smallest absolute Gasteiger partial charge is 0.266 e. The number of nitrogen functional groups attached to an aromatic ring is 1. The molecule has 0 radical (unpaired) electrons. The molecule has 0 bridgehead atoms. The van der Waals surface area contributed by atoms with Crippen molar-refractivity contribution in [1.29, 1.82) is 0 Å². The van der Waals surface area contributed by atoms with Crippen LogP contribution in [0, 0.1) is 11.8 Å². The molecule has 0 amide bonds. The molecule has 0 saturated carbocycles. The van der Waals surface area contributed by atoms with E-state index in [1.54, 1.807) is 60.7 Å². The number of aromatic nitrogens is 2. The summed E-state index contributed by atoms with van der Waals surface area (Å²) < 4.78 is 1.32. The molecule has 2 heterocycles. The molecule has 4 aromatic rings. The van der Waals surface area contributed by atoms with E-state index < -0.39 is 0 Å². The van der Waals surface area contributed by atoms with E-state index in [0.29, 0.717) is 39.0 Å². The van der Waals surface area contributed by atoms with Gasteiger partial charge < -0.3 is 5.73 Å². The number of nitrogens with zero attached hydrogens (tertiary/aromatic N) is 2. The Bertz CT molecular complexity index is 1500. The summed E-state index contributed by atoms with van der Waals surface area (Å²) in [7, 11) is 0.